The summed E-state index contributed by atoms with van der Waals surface area (Å²) in [6.07, 6.45) is 4.62. The zero-order valence-electron chi connectivity index (χ0n) is 29.1. The molecule has 6 atom stereocenters. The van der Waals surface area contributed by atoms with Crippen LogP contribution in [-0.4, -0.2) is 83.2 Å². The summed E-state index contributed by atoms with van der Waals surface area (Å²) < 4.78 is 5.22. The number of Topliss-reactive ketones (excluding diaryl/α,β-unsaturated/α-hetero) is 1. The summed E-state index contributed by atoms with van der Waals surface area (Å²) in [5, 5.41) is 20.8. The second-order valence-electron chi connectivity index (χ2n) is 15.2. The first-order chi connectivity index (χ1) is 21.6. The minimum Gasteiger partial charge on any atom is -0.450 e. The molecule has 2 aliphatic rings. The number of carbonyl (C=O) groups is 4. The Morgan fingerprint density at radius 1 is 1.00 bits per heavy atom. The molecule has 0 aromatic heterocycles. The van der Waals surface area contributed by atoms with Crippen molar-refractivity contribution in [1.82, 2.24) is 20.9 Å². The van der Waals surface area contributed by atoms with Gasteiger partial charge in [0.2, 0.25) is 11.8 Å². The largest absolute Gasteiger partial charge is 0.450 e. The first-order valence-corrected chi connectivity index (χ1v) is 17.1. The number of benzene rings is 1. The Morgan fingerprint density at radius 3 is 2.26 bits per heavy atom. The van der Waals surface area contributed by atoms with Crippen LogP contribution in [0.3, 0.4) is 0 Å². The van der Waals surface area contributed by atoms with Gasteiger partial charge in [0.25, 0.3) is 0 Å². The van der Waals surface area contributed by atoms with E-state index in [4.69, 9.17) is 4.74 Å². The lowest BCUT2D eigenvalue weighted by molar-refractivity contribution is -0.134. The fraction of sp³-hybridized carbons (Fsp3) is 0.722. The molecule has 3 unspecified atom stereocenters. The zero-order chi connectivity index (χ0) is 34.1. The summed E-state index contributed by atoms with van der Waals surface area (Å²) in [6, 6.07) is 7.42. The number of β-amino-alcohol motifs (C(OH)–C–C–N with tert-alkyl or cyclic N) is 1. The van der Waals surface area contributed by atoms with E-state index >= 15 is 0 Å². The molecule has 1 heterocycles. The maximum Gasteiger partial charge on any atom is 0.407 e. The fourth-order valence-electron chi connectivity index (χ4n) is 7.13. The Bertz CT molecular complexity index is 1170. The van der Waals surface area contributed by atoms with Gasteiger partial charge >= 0.3 is 6.09 Å². The van der Waals surface area contributed by atoms with Crippen molar-refractivity contribution in [3.05, 3.63) is 35.9 Å². The van der Waals surface area contributed by atoms with Gasteiger partial charge in [0, 0.05) is 30.5 Å². The second-order valence-corrected chi connectivity index (χ2v) is 15.2. The van der Waals surface area contributed by atoms with Crippen LogP contribution >= 0.6 is 0 Å². The van der Waals surface area contributed by atoms with E-state index in [0.717, 1.165) is 31.4 Å². The molecule has 1 saturated heterocycles. The highest BCUT2D eigenvalue weighted by Gasteiger charge is 2.43. The van der Waals surface area contributed by atoms with Crippen molar-refractivity contribution >= 4 is 23.7 Å². The molecule has 0 radical (unpaired) electrons. The number of aliphatic hydroxyl groups is 1. The molecule has 0 spiro atoms. The van der Waals surface area contributed by atoms with Crippen molar-refractivity contribution in [2.24, 2.45) is 17.3 Å². The predicted octanol–water partition coefficient (Wildman–Crippen LogP) is 4.38. The molecule has 46 heavy (non-hydrogen) atoms. The number of hydrogen-bond donors (Lipinski definition) is 4. The van der Waals surface area contributed by atoms with E-state index < -0.39 is 35.6 Å². The molecule has 10 heteroatoms. The Morgan fingerprint density at radius 2 is 1.65 bits per heavy atom. The topological polar surface area (TPSA) is 137 Å². The van der Waals surface area contributed by atoms with E-state index in [2.05, 4.69) is 20.9 Å². The smallest absolute Gasteiger partial charge is 0.407 e. The molecule has 1 aliphatic carbocycles. The van der Waals surface area contributed by atoms with Gasteiger partial charge in [-0.1, -0.05) is 70.4 Å². The SMILES string of the molecule is CCCOC(=O)N[C@H](C(=O)N[C@@H](Cc1ccccc1)[C@H](O)CN1CC2CCCCC2CC1C(=O)NC(C)(C)C)C(C)(C)CC(C)=O. The van der Waals surface area contributed by atoms with Crippen molar-refractivity contribution < 1.29 is 29.0 Å². The number of nitrogens with one attached hydrogen (secondary N) is 3. The number of carbonyl (C=O) groups excluding carboxylic acids is 4. The van der Waals surface area contributed by atoms with Gasteiger partial charge in [0.05, 0.1) is 24.8 Å². The lowest BCUT2D eigenvalue weighted by Gasteiger charge is -2.47. The van der Waals surface area contributed by atoms with Gasteiger partial charge in [-0.15, -0.1) is 0 Å². The van der Waals surface area contributed by atoms with Crippen LogP contribution in [-0.2, 0) is 25.5 Å². The highest BCUT2D eigenvalue weighted by atomic mass is 16.5. The van der Waals surface area contributed by atoms with E-state index in [9.17, 15) is 24.3 Å². The van der Waals surface area contributed by atoms with Gasteiger partial charge in [-0.2, -0.15) is 0 Å². The summed E-state index contributed by atoms with van der Waals surface area (Å²) in [4.78, 5) is 54.5. The number of rotatable bonds is 14. The lowest BCUT2D eigenvalue weighted by Crippen LogP contribution is -2.62. The van der Waals surface area contributed by atoms with Crippen LogP contribution in [0.2, 0.25) is 0 Å². The maximum atomic E-state index is 14.0. The molecule has 4 N–H and O–H groups in total. The van der Waals surface area contributed by atoms with Crippen LogP contribution in [0, 0.1) is 17.3 Å². The van der Waals surface area contributed by atoms with Gasteiger partial charge in [0.15, 0.2) is 0 Å². The Kier molecular flexibility index (Phi) is 13.6. The first-order valence-electron chi connectivity index (χ1n) is 17.1. The van der Waals surface area contributed by atoms with Crippen LogP contribution in [0.1, 0.15) is 99.0 Å². The summed E-state index contributed by atoms with van der Waals surface area (Å²) in [5.74, 6) is 0.302. The lowest BCUT2D eigenvalue weighted by atomic mass is 9.72. The van der Waals surface area contributed by atoms with Gasteiger partial charge < -0.3 is 30.6 Å². The summed E-state index contributed by atoms with van der Waals surface area (Å²) in [6.45, 7) is 13.9. The number of fused-ring (bicyclic) bond motifs is 1. The molecule has 3 rings (SSSR count). The van der Waals surface area contributed by atoms with E-state index in [1.807, 2.05) is 58.0 Å². The molecule has 2 fully saturated rings. The third-order valence-corrected chi connectivity index (χ3v) is 9.26. The molecule has 3 amide bonds. The predicted molar refractivity (Wildman–Crippen MR) is 179 cm³/mol. The van der Waals surface area contributed by atoms with Crippen molar-refractivity contribution in [3.8, 4) is 0 Å². The van der Waals surface area contributed by atoms with Crippen molar-refractivity contribution in [2.75, 3.05) is 19.7 Å². The van der Waals surface area contributed by atoms with Crippen LogP contribution in [0.5, 0.6) is 0 Å². The summed E-state index contributed by atoms with van der Waals surface area (Å²) in [5.41, 5.74) is -0.390. The van der Waals surface area contributed by atoms with Crippen LogP contribution < -0.4 is 16.0 Å². The number of hydrogen-bond acceptors (Lipinski definition) is 7. The molecule has 1 aromatic rings. The highest BCUT2D eigenvalue weighted by Crippen LogP contribution is 2.39. The number of nitrogens with zero attached hydrogens (tertiary/aromatic N) is 1. The second kappa shape index (κ2) is 16.7. The normalized spacial score (nSPS) is 22.5. The quantitative estimate of drug-likeness (QED) is 0.236. The molecule has 10 nitrogen and oxygen atoms in total. The monoisotopic (exact) mass is 642 g/mol. The average molecular weight is 643 g/mol. The van der Waals surface area contributed by atoms with E-state index in [1.54, 1.807) is 13.8 Å². The molecule has 258 valence electrons. The standard InChI is InChI=1S/C36H58N4O6/c1-8-18-46-34(45)38-31(36(6,7)21-24(2)41)33(44)37-28(19-25-14-10-9-11-15-25)30(42)23-40-22-27-17-13-12-16-26(27)20-29(40)32(43)39-35(3,4)5/h9-11,14-15,26-31,42H,8,12-13,16-23H2,1-7H3,(H,37,44)(H,38,45)(H,39,43)/t26?,27?,28-,29?,30+,31+/m0/s1. The molecule has 1 aliphatic heterocycles. The van der Waals surface area contributed by atoms with Crippen LogP contribution in [0.4, 0.5) is 4.79 Å². The van der Waals surface area contributed by atoms with Crippen LogP contribution in [0.15, 0.2) is 30.3 Å². The van der Waals surface area contributed by atoms with E-state index in [1.165, 1.54) is 19.8 Å². The molecule has 0 bridgehead atoms. The third kappa shape index (κ3) is 11.4. The third-order valence-electron chi connectivity index (χ3n) is 9.26. The van der Waals surface area contributed by atoms with E-state index in [-0.39, 0.29) is 42.8 Å². The Labute approximate surface area is 275 Å². The number of aliphatic hydroxyl groups excluding tert-OH is 1. The molecular formula is C36H58N4O6. The minimum atomic E-state index is -1.09. The number of likely N-dealkylation sites (tertiary alicyclic amines) is 1. The van der Waals surface area contributed by atoms with Crippen LogP contribution in [0.25, 0.3) is 0 Å². The van der Waals surface area contributed by atoms with E-state index in [0.29, 0.717) is 24.7 Å². The maximum absolute atomic E-state index is 14.0. The van der Waals surface area contributed by atoms with Gasteiger partial charge in [-0.3, -0.25) is 14.5 Å². The number of ether oxygens (including phenoxy) is 1. The van der Waals surface area contributed by atoms with Crippen molar-refractivity contribution in [2.45, 2.75) is 130 Å². The molecule has 1 aromatic carbocycles. The first kappa shape index (κ1) is 37.5. The zero-order valence-corrected chi connectivity index (χ0v) is 29.1. The number of amides is 3. The minimum absolute atomic E-state index is 0.0341. The van der Waals surface area contributed by atoms with Gasteiger partial charge in [-0.05, 0) is 70.8 Å². The highest BCUT2D eigenvalue weighted by molar-refractivity contribution is 5.88. The number of alkyl carbamates (subject to hydrolysis) is 1. The number of ketones is 1. The summed E-state index contributed by atoms with van der Waals surface area (Å²) >= 11 is 0. The van der Waals surface area contributed by atoms with Crippen molar-refractivity contribution in [3.63, 3.8) is 0 Å². The number of piperidine rings is 1. The van der Waals surface area contributed by atoms with Gasteiger partial charge in [0.1, 0.15) is 11.8 Å². The average Bonchev–Trinajstić information content (AvgIpc) is 2.96. The van der Waals surface area contributed by atoms with Gasteiger partial charge in [-0.25, -0.2) is 4.79 Å². The fourth-order valence-corrected chi connectivity index (χ4v) is 7.13. The van der Waals surface area contributed by atoms with Crippen molar-refractivity contribution in [1.29, 1.82) is 0 Å². The Hall–Kier alpha value is -2.98. The molecular weight excluding hydrogens is 584 g/mol. The summed E-state index contributed by atoms with van der Waals surface area (Å²) in [7, 11) is 0. The Balaban J connectivity index is 1.88. The molecule has 1 saturated carbocycles.